The van der Waals surface area contributed by atoms with Crippen molar-refractivity contribution in [3.63, 3.8) is 0 Å². The minimum Gasteiger partial charge on any atom is -0.495 e. The molecule has 1 atom stereocenters. The number of rotatable bonds is 8. The van der Waals surface area contributed by atoms with E-state index in [2.05, 4.69) is 14.9 Å². The Bertz CT molecular complexity index is 823. The Morgan fingerprint density at radius 1 is 1.33 bits per heavy atom. The number of benzene rings is 1. The fraction of sp³-hybridized carbons (Fsp3) is 0.474. The summed E-state index contributed by atoms with van der Waals surface area (Å²) in [4.78, 5) is 17.3. The lowest BCUT2D eigenvalue weighted by molar-refractivity contribution is -0.115. The summed E-state index contributed by atoms with van der Waals surface area (Å²) in [5.41, 5.74) is 3.51. The summed E-state index contributed by atoms with van der Waals surface area (Å²) in [6, 6.07) is 3.51. The maximum Gasteiger partial charge on any atom is 0.237 e. The summed E-state index contributed by atoms with van der Waals surface area (Å²) in [5, 5.41) is 3.99. The molecule has 1 aromatic carbocycles. The van der Waals surface area contributed by atoms with Crippen LogP contribution in [0, 0.1) is 20.8 Å². The normalized spacial score (nSPS) is 12.1. The first-order valence-electron chi connectivity index (χ1n) is 8.62. The van der Waals surface area contributed by atoms with E-state index in [1.807, 2.05) is 33.8 Å². The lowest BCUT2D eigenvalue weighted by Crippen LogP contribution is -2.23. The largest absolute Gasteiger partial charge is 0.495 e. The predicted molar refractivity (Wildman–Crippen MR) is 110 cm³/mol. The molecule has 27 heavy (non-hydrogen) atoms. The standard InChI is InChI=1S/C19H26ClN3O3S/c1-11-9-16(17(26-6)10-15(11)20)22-18(24)14(4)27-19-21-12(2)13(3)23(19)7-8-25-5/h9-10,14H,7-8H2,1-6H3,(H,22,24). The number of methoxy groups -OCH3 is 2. The highest BCUT2D eigenvalue weighted by Gasteiger charge is 2.21. The molecule has 1 N–H and O–H groups in total. The molecule has 0 radical (unpaired) electrons. The highest BCUT2D eigenvalue weighted by Crippen LogP contribution is 2.32. The number of carbonyl (C=O) groups excluding carboxylic acids is 1. The molecule has 0 aliphatic rings. The van der Waals surface area contributed by atoms with Crippen molar-refractivity contribution in [2.24, 2.45) is 0 Å². The molecule has 0 bridgehead atoms. The van der Waals surface area contributed by atoms with Crippen molar-refractivity contribution in [1.82, 2.24) is 9.55 Å². The Morgan fingerprint density at radius 3 is 2.67 bits per heavy atom. The molecular formula is C19H26ClN3O3S. The zero-order chi connectivity index (χ0) is 20.1. The van der Waals surface area contributed by atoms with Gasteiger partial charge in [-0.3, -0.25) is 4.79 Å². The second-order valence-corrected chi connectivity index (χ2v) is 7.98. The summed E-state index contributed by atoms with van der Waals surface area (Å²) in [7, 11) is 3.22. The van der Waals surface area contributed by atoms with Gasteiger partial charge in [-0.05, 0) is 39.3 Å². The van der Waals surface area contributed by atoms with E-state index in [0.29, 0.717) is 29.6 Å². The molecule has 6 nitrogen and oxygen atoms in total. The number of aryl methyl sites for hydroxylation is 2. The number of imidazole rings is 1. The van der Waals surface area contributed by atoms with Gasteiger partial charge in [0.1, 0.15) is 5.75 Å². The zero-order valence-corrected chi connectivity index (χ0v) is 18.1. The van der Waals surface area contributed by atoms with Crippen LogP contribution < -0.4 is 10.1 Å². The molecule has 1 aromatic heterocycles. The van der Waals surface area contributed by atoms with Crippen molar-refractivity contribution in [3.8, 4) is 5.75 Å². The maximum atomic E-state index is 12.7. The van der Waals surface area contributed by atoms with Crippen molar-refractivity contribution >= 4 is 35.0 Å². The van der Waals surface area contributed by atoms with Crippen molar-refractivity contribution in [2.75, 3.05) is 26.1 Å². The fourth-order valence-corrected chi connectivity index (χ4v) is 3.72. The molecule has 0 spiro atoms. The van der Waals surface area contributed by atoms with Crippen LogP contribution in [0.5, 0.6) is 5.75 Å². The number of thioether (sulfide) groups is 1. The molecule has 1 unspecified atom stereocenters. The third-order valence-corrected chi connectivity index (χ3v) is 5.83. The average Bonchev–Trinajstić information content (AvgIpc) is 2.89. The summed E-state index contributed by atoms with van der Waals surface area (Å²) in [5.74, 6) is 0.404. The molecule has 1 amide bonds. The minimum atomic E-state index is -0.340. The van der Waals surface area contributed by atoms with Crippen molar-refractivity contribution < 1.29 is 14.3 Å². The van der Waals surface area contributed by atoms with Crippen LogP contribution in [0.25, 0.3) is 0 Å². The number of hydrogen-bond donors (Lipinski definition) is 1. The van der Waals surface area contributed by atoms with E-state index >= 15 is 0 Å². The maximum absolute atomic E-state index is 12.7. The van der Waals surface area contributed by atoms with Crippen LogP contribution in [-0.2, 0) is 16.1 Å². The third kappa shape index (κ3) is 5.18. The van der Waals surface area contributed by atoms with E-state index in [9.17, 15) is 4.79 Å². The van der Waals surface area contributed by atoms with Gasteiger partial charge in [0.05, 0.1) is 30.3 Å². The number of aromatic nitrogens is 2. The minimum absolute atomic E-state index is 0.128. The van der Waals surface area contributed by atoms with Crippen molar-refractivity contribution in [1.29, 1.82) is 0 Å². The molecular weight excluding hydrogens is 386 g/mol. The van der Waals surface area contributed by atoms with Gasteiger partial charge in [-0.2, -0.15) is 0 Å². The molecule has 8 heteroatoms. The number of amides is 1. The van der Waals surface area contributed by atoms with E-state index in [1.165, 1.54) is 11.8 Å². The number of anilines is 1. The topological polar surface area (TPSA) is 65.4 Å². The van der Waals surface area contributed by atoms with Gasteiger partial charge < -0.3 is 19.4 Å². The molecule has 2 rings (SSSR count). The first-order valence-corrected chi connectivity index (χ1v) is 9.88. The average molecular weight is 412 g/mol. The SMILES string of the molecule is COCCn1c(SC(C)C(=O)Nc2cc(C)c(Cl)cc2OC)nc(C)c1C. The van der Waals surface area contributed by atoms with E-state index in [1.54, 1.807) is 20.3 Å². The summed E-state index contributed by atoms with van der Waals surface area (Å²) >= 11 is 7.55. The second-order valence-electron chi connectivity index (χ2n) is 6.26. The van der Waals surface area contributed by atoms with Crippen molar-refractivity contribution in [2.45, 2.75) is 44.6 Å². The van der Waals surface area contributed by atoms with Gasteiger partial charge in [0.2, 0.25) is 5.91 Å². The Morgan fingerprint density at radius 2 is 2.04 bits per heavy atom. The Hall–Kier alpha value is -1.70. The molecule has 1 heterocycles. The lowest BCUT2D eigenvalue weighted by Gasteiger charge is -2.16. The van der Waals surface area contributed by atoms with Gasteiger partial charge in [0, 0.05) is 30.4 Å². The van der Waals surface area contributed by atoms with Crippen LogP contribution in [-0.4, -0.2) is 41.5 Å². The molecule has 0 aliphatic carbocycles. The van der Waals surface area contributed by atoms with Crippen LogP contribution in [0.3, 0.4) is 0 Å². The van der Waals surface area contributed by atoms with Crippen LogP contribution in [0.1, 0.15) is 23.9 Å². The van der Waals surface area contributed by atoms with Gasteiger partial charge in [-0.25, -0.2) is 4.98 Å². The number of halogens is 1. The molecule has 0 aliphatic heterocycles. The van der Waals surface area contributed by atoms with Crippen LogP contribution >= 0.6 is 23.4 Å². The van der Waals surface area contributed by atoms with Gasteiger partial charge in [-0.1, -0.05) is 23.4 Å². The van der Waals surface area contributed by atoms with E-state index < -0.39 is 0 Å². The smallest absolute Gasteiger partial charge is 0.237 e. The summed E-state index contributed by atoms with van der Waals surface area (Å²) in [6.45, 7) is 9.02. The van der Waals surface area contributed by atoms with Gasteiger partial charge in [0.15, 0.2) is 5.16 Å². The predicted octanol–water partition coefficient (Wildman–Crippen LogP) is 4.24. The molecule has 0 saturated carbocycles. The number of ether oxygens (including phenoxy) is 2. The lowest BCUT2D eigenvalue weighted by atomic mass is 10.2. The number of carbonyl (C=O) groups is 1. The third-order valence-electron chi connectivity index (χ3n) is 4.33. The molecule has 0 fully saturated rings. The van der Waals surface area contributed by atoms with E-state index in [0.717, 1.165) is 22.1 Å². The van der Waals surface area contributed by atoms with Gasteiger partial charge >= 0.3 is 0 Å². The monoisotopic (exact) mass is 411 g/mol. The summed E-state index contributed by atoms with van der Waals surface area (Å²) < 4.78 is 12.6. The first kappa shape index (κ1) is 21.6. The zero-order valence-electron chi connectivity index (χ0n) is 16.6. The Kier molecular flexibility index (Phi) is 7.59. The van der Waals surface area contributed by atoms with Crippen LogP contribution in [0.4, 0.5) is 5.69 Å². The second kappa shape index (κ2) is 9.48. The number of hydrogen-bond acceptors (Lipinski definition) is 5. The Labute approximate surface area is 169 Å². The fourth-order valence-electron chi connectivity index (χ4n) is 2.54. The Balaban J connectivity index is 2.15. The quantitative estimate of drug-likeness (QED) is 0.658. The summed E-state index contributed by atoms with van der Waals surface area (Å²) in [6.07, 6.45) is 0. The van der Waals surface area contributed by atoms with Crippen molar-refractivity contribution in [3.05, 3.63) is 34.1 Å². The molecule has 0 saturated heterocycles. The highest BCUT2D eigenvalue weighted by molar-refractivity contribution is 8.00. The van der Waals surface area contributed by atoms with Crippen LogP contribution in [0.15, 0.2) is 17.3 Å². The first-order chi connectivity index (χ1) is 12.8. The molecule has 148 valence electrons. The molecule has 2 aromatic rings. The van der Waals surface area contributed by atoms with Gasteiger partial charge in [-0.15, -0.1) is 0 Å². The number of nitrogens with zero attached hydrogens (tertiary/aromatic N) is 2. The highest BCUT2D eigenvalue weighted by atomic mass is 35.5. The van der Waals surface area contributed by atoms with Gasteiger partial charge in [0.25, 0.3) is 0 Å². The van der Waals surface area contributed by atoms with E-state index in [-0.39, 0.29) is 11.2 Å². The number of nitrogens with one attached hydrogen (secondary N) is 1. The van der Waals surface area contributed by atoms with E-state index in [4.69, 9.17) is 21.1 Å². The van der Waals surface area contributed by atoms with Crippen LogP contribution in [0.2, 0.25) is 5.02 Å².